The molecule has 3 heterocycles. The topological polar surface area (TPSA) is 66.3 Å². The number of anilines is 3. The fourth-order valence-corrected chi connectivity index (χ4v) is 3.66. The summed E-state index contributed by atoms with van der Waals surface area (Å²) >= 11 is 0. The third kappa shape index (κ3) is 3.78. The number of fused-ring (bicyclic) bond motifs is 1. The van der Waals surface area contributed by atoms with Crippen molar-refractivity contribution in [2.75, 3.05) is 42.3 Å². The molecular formula is C21H26N6O. The molecule has 0 unspecified atom stereocenters. The fraction of sp³-hybridized carbons (Fsp3) is 0.381. The number of aromatic nitrogens is 3. The lowest BCUT2D eigenvalue weighted by molar-refractivity contribution is -0.116. The maximum atomic E-state index is 12.7. The van der Waals surface area contributed by atoms with Gasteiger partial charge in [0.25, 0.3) is 0 Å². The quantitative estimate of drug-likeness (QED) is 0.739. The van der Waals surface area contributed by atoms with Gasteiger partial charge in [0.05, 0.1) is 6.20 Å². The molecule has 2 aromatic heterocycles. The third-order valence-corrected chi connectivity index (χ3v) is 5.09. The van der Waals surface area contributed by atoms with Gasteiger partial charge in [-0.05, 0) is 36.8 Å². The van der Waals surface area contributed by atoms with Gasteiger partial charge in [0, 0.05) is 38.9 Å². The molecule has 0 bridgehead atoms. The Kier molecular flexibility index (Phi) is 5.14. The third-order valence-electron chi connectivity index (χ3n) is 5.09. The summed E-state index contributed by atoms with van der Waals surface area (Å²) in [5.41, 5.74) is 1.68. The van der Waals surface area contributed by atoms with Gasteiger partial charge in [-0.15, -0.1) is 0 Å². The van der Waals surface area contributed by atoms with Gasteiger partial charge in [0.15, 0.2) is 5.82 Å². The highest BCUT2D eigenvalue weighted by Gasteiger charge is 2.18. The van der Waals surface area contributed by atoms with Gasteiger partial charge in [0.2, 0.25) is 11.9 Å². The highest BCUT2D eigenvalue weighted by atomic mass is 16.2. The second-order valence-electron chi connectivity index (χ2n) is 7.40. The first-order valence-electron chi connectivity index (χ1n) is 9.75. The number of carbonyl (C=O) groups excluding carboxylic acids is 1. The Morgan fingerprint density at radius 3 is 2.71 bits per heavy atom. The van der Waals surface area contributed by atoms with Crippen LogP contribution in [0.2, 0.25) is 0 Å². The van der Waals surface area contributed by atoms with Crippen LogP contribution in [0.4, 0.5) is 17.5 Å². The van der Waals surface area contributed by atoms with Crippen LogP contribution < -0.4 is 15.1 Å². The van der Waals surface area contributed by atoms with Gasteiger partial charge in [-0.25, -0.2) is 4.98 Å². The standard InChI is InChI=1S/C21H26N6O/c1-25(2)20-17(14-22-21(24-20)26-11-6-3-7-12-26)23-19(28)15-27-13-10-16-8-4-5-9-18(16)27/h4-5,8-10,13-14H,3,6-7,11-12,15H2,1-2H3,(H,23,28). The van der Waals surface area contributed by atoms with Gasteiger partial charge in [0.1, 0.15) is 12.2 Å². The molecule has 1 amide bonds. The van der Waals surface area contributed by atoms with Crippen LogP contribution in [0.15, 0.2) is 42.7 Å². The largest absolute Gasteiger partial charge is 0.361 e. The summed E-state index contributed by atoms with van der Waals surface area (Å²) in [5.74, 6) is 1.36. The summed E-state index contributed by atoms with van der Waals surface area (Å²) in [6.07, 6.45) is 7.26. The molecular weight excluding hydrogens is 352 g/mol. The molecule has 1 saturated heterocycles. The van der Waals surface area contributed by atoms with Crippen molar-refractivity contribution in [3.63, 3.8) is 0 Å². The van der Waals surface area contributed by atoms with Crippen LogP contribution in [-0.4, -0.2) is 47.6 Å². The summed E-state index contributed by atoms with van der Waals surface area (Å²) in [6.45, 7) is 2.22. The molecule has 0 aliphatic carbocycles. The molecule has 4 rings (SSSR count). The minimum Gasteiger partial charge on any atom is -0.361 e. The molecule has 7 nitrogen and oxygen atoms in total. The predicted molar refractivity (Wildman–Crippen MR) is 113 cm³/mol. The van der Waals surface area contributed by atoms with Gasteiger partial charge < -0.3 is 19.7 Å². The minimum atomic E-state index is -0.0984. The van der Waals surface area contributed by atoms with Crippen LogP contribution >= 0.6 is 0 Å². The molecule has 146 valence electrons. The zero-order valence-electron chi connectivity index (χ0n) is 16.4. The maximum absolute atomic E-state index is 12.7. The number of carbonyl (C=O) groups is 1. The number of nitrogens with zero attached hydrogens (tertiary/aromatic N) is 5. The molecule has 0 radical (unpaired) electrons. The van der Waals surface area contributed by atoms with E-state index in [9.17, 15) is 4.79 Å². The van der Waals surface area contributed by atoms with E-state index < -0.39 is 0 Å². The van der Waals surface area contributed by atoms with Gasteiger partial charge >= 0.3 is 0 Å². The Labute approximate surface area is 165 Å². The molecule has 1 fully saturated rings. The lowest BCUT2D eigenvalue weighted by atomic mass is 10.1. The van der Waals surface area contributed by atoms with Crippen LogP contribution in [0.5, 0.6) is 0 Å². The number of para-hydroxylation sites is 1. The number of hydrogen-bond donors (Lipinski definition) is 1. The molecule has 3 aromatic rings. The fourth-order valence-electron chi connectivity index (χ4n) is 3.66. The van der Waals surface area contributed by atoms with Crippen LogP contribution in [0.3, 0.4) is 0 Å². The van der Waals surface area contributed by atoms with Crippen molar-refractivity contribution in [1.29, 1.82) is 0 Å². The van der Waals surface area contributed by atoms with Crippen LogP contribution in [0, 0.1) is 0 Å². The van der Waals surface area contributed by atoms with Gasteiger partial charge in [-0.3, -0.25) is 4.79 Å². The van der Waals surface area contributed by atoms with Crippen molar-refractivity contribution in [3.05, 3.63) is 42.7 Å². The maximum Gasteiger partial charge on any atom is 0.244 e. The summed E-state index contributed by atoms with van der Waals surface area (Å²) in [7, 11) is 3.86. The minimum absolute atomic E-state index is 0.0984. The SMILES string of the molecule is CN(C)c1nc(N2CCCCC2)ncc1NC(=O)Cn1ccc2ccccc21. The zero-order valence-corrected chi connectivity index (χ0v) is 16.4. The van der Waals surface area contributed by atoms with E-state index in [0.717, 1.165) is 35.8 Å². The number of benzene rings is 1. The Morgan fingerprint density at radius 1 is 1.14 bits per heavy atom. The van der Waals surface area contributed by atoms with E-state index in [4.69, 9.17) is 4.98 Å². The molecule has 1 aromatic carbocycles. The molecule has 28 heavy (non-hydrogen) atoms. The Bertz CT molecular complexity index is 974. The molecule has 0 saturated carbocycles. The average molecular weight is 378 g/mol. The highest BCUT2D eigenvalue weighted by Crippen LogP contribution is 2.25. The average Bonchev–Trinajstić information content (AvgIpc) is 3.11. The molecule has 1 N–H and O–H groups in total. The lowest BCUT2D eigenvalue weighted by Crippen LogP contribution is -2.31. The molecule has 0 spiro atoms. The first-order valence-corrected chi connectivity index (χ1v) is 9.75. The summed E-state index contributed by atoms with van der Waals surface area (Å²) in [6, 6.07) is 10.1. The van der Waals surface area contributed by atoms with Crippen molar-refractivity contribution < 1.29 is 4.79 Å². The van der Waals surface area contributed by atoms with E-state index in [1.54, 1.807) is 6.20 Å². The zero-order chi connectivity index (χ0) is 19.5. The van der Waals surface area contributed by atoms with Crippen molar-refractivity contribution >= 4 is 34.3 Å². The summed E-state index contributed by atoms with van der Waals surface area (Å²) in [4.78, 5) is 26.0. The van der Waals surface area contributed by atoms with E-state index in [-0.39, 0.29) is 12.5 Å². The van der Waals surface area contributed by atoms with Crippen LogP contribution in [-0.2, 0) is 11.3 Å². The Balaban J connectivity index is 1.52. The monoisotopic (exact) mass is 378 g/mol. The van der Waals surface area contributed by atoms with Gasteiger partial charge in [-0.1, -0.05) is 18.2 Å². The van der Waals surface area contributed by atoms with E-state index in [1.807, 2.05) is 60.1 Å². The van der Waals surface area contributed by atoms with E-state index >= 15 is 0 Å². The first-order chi connectivity index (χ1) is 13.6. The smallest absolute Gasteiger partial charge is 0.244 e. The number of piperidine rings is 1. The Hall–Kier alpha value is -3.09. The number of amides is 1. The van der Waals surface area contributed by atoms with Gasteiger partial charge in [-0.2, -0.15) is 4.98 Å². The molecule has 7 heteroatoms. The van der Waals surface area contributed by atoms with Crippen molar-refractivity contribution in [3.8, 4) is 0 Å². The normalized spacial score (nSPS) is 14.3. The van der Waals surface area contributed by atoms with E-state index in [0.29, 0.717) is 5.69 Å². The molecule has 1 aliphatic rings. The van der Waals surface area contributed by atoms with Crippen LogP contribution in [0.25, 0.3) is 10.9 Å². The van der Waals surface area contributed by atoms with Crippen LogP contribution in [0.1, 0.15) is 19.3 Å². The van der Waals surface area contributed by atoms with E-state index in [2.05, 4.69) is 15.2 Å². The predicted octanol–water partition coefficient (Wildman–Crippen LogP) is 3.13. The molecule has 1 aliphatic heterocycles. The molecule has 0 atom stereocenters. The second-order valence-corrected chi connectivity index (χ2v) is 7.40. The summed E-state index contributed by atoms with van der Waals surface area (Å²) < 4.78 is 1.95. The highest BCUT2D eigenvalue weighted by molar-refractivity contribution is 5.94. The first kappa shape index (κ1) is 18.3. The van der Waals surface area contributed by atoms with Crippen molar-refractivity contribution in [1.82, 2.24) is 14.5 Å². The van der Waals surface area contributed by atoms with E-state index in [1.165, 1.54) is 19.3 Å². The number of rotatable bonds is 5. The van der Waals surface area contributed by atoms with Crippen molar-refractivity contribution in [2.45, 2.75) is 25.8 Å². The van der Waals surface area contributed by atoms with Crippen molar-refractivity contribution in [2.24, 2.45) is 0 Å². The Morgan fingerprint density at radius 2 is 1.93 bits per heavy atom. The second kappa shape index (κ2) is 7.88. The summed E-state index contributed by atoms with van der Waals surface area (Å²) in [5, 5.41) is 4.10. The number of hydrogen-bond acceptors (Lipinski definition) is 5. The number of nitrogens with one attached hydrogen (secondary N) is 1. The lowest BCUT2D eigenvalue weighted by Gasteiger charge is -2.28.